The Balaban J connectivity index is 2.00. The third-order valence-corrected chi connectivity index (χ3v) is 3.03. The zero-order chi connectivity index (χ0) is 18.4. The molecule has 1 aromatic heterocycles. The van der Waals surface area contributed by atoms with Gasteiger partial charge < -0.3 is 19.9 Å². The highest BCUT2D eigenvalue weighted by Crippen LogP contribution is 2.28. The summed E-state index contributed by atoms with van der Waals surface area (Å²) in [5.41, 5.74) is 0.880. The highest BCUT2D eigenvalue weighted by atomic mass is 19.3. The number of rotatable bonds is 7. The lowest BCUT2D eigenvalue weighted by molar-refractivity contribution is -0.142. The number of halogens is 2. The van der Waals surface area contributed by atoms with Crippen LogP contribution in [0.1, 0.15) is 23.0 Å². The largest absolute Gasteiger partial charge is 0.504 e. The van der Waals surface area contributed by atoms with Crippen LogP contribution < -0.4 is 10.1 Å². The van der Waals surface area contributed by atoms with Gasteiger partial charge in [0.25, 0.3) is 5.91 Å². The number of aromatic nitrogens is 2. The first-order chi connectivity index (χ1) is 11.8. The summed E-state index contributed by atoms with van der Waals surface area (Å²) in [6.07, 6.45) is 2.21. The number of aromatic hydroxyl groups is 1. The quantitative estimate of drug-likeness (QED) is 0.795. The van der Waals surface area contributed by atoms with Gasteiger partial charge in [0.15, 0.2) is 17.3 Å². The molecule has 1 amide bonds. The number of hydrogen-bond acceptors (Lipinski definition) is 6. The number of anilines is 1. The van der Waals surface area contributed by atoms with Crippen LogP contribution in [0.4, 0.5) is 14.6 Å². The Hall–Kier alpha value is -2.81. The highest BCUT2D eigenvalue weighted by Gasteiger charge is 2.14. The van der Waals surface area contributed by atoms with Crippen molar-refractivity contribution in [2.24, 2.45) is 0 Å². The fourth-order valence-electron chi connectivity index (χ4n) is 1.86. The van der Waals surface area contributed by atoms with E-state index in [0.717, 1.165) is 0 Å². The third kappa shape index (κ3) is 5.64. The van der Waals surface area contributed by atoms with Crippen molar-refractivity contribution in [3.63, 3.8) is 0 Å². The summed E-state index contributed by atoms with van der Waals surface area (Å²) in [4.78, 5) is 20.1. The van der Waals surface area contributed by atoms with Crippen LogP contribution in [-0.4, -0.2) is 40.3 Å². The number of alkyl halides is 2. The van der Waals surface area contributed by atoms with Crippen LogP contribution in [0.15, 0.2) is 30.6 Å². The van der Waals surface area contributed by atoms with Crippen molar-refractivity contribution in [1.29, 1.82) is 0 Å². The molecule has 1 aromatic carbocycles. The van der Waals surface area contributed by atoms with Crippen LogP contribution in [0.5, 0.6) is 11.5 Å². The number of nitrogens with one attached hydrogen (secondary N) is 1. The van der Waals surface area contributed by atoms with Gasteiger partial charge in [-0.25, -0.2) is 4.98 Å². The number of carbonyl (C=O) groups excluding carboxylic acids is 1. The molecule has 0 spiro atoms. The van der Waals surface area contributed by atoms with Gasteiger partial charge in [0.1, 0.15) is 6.10 Å². The first-order valence-electron chi connectivity index (χ1n) is 7.34. The summed E-state index contributed by atoms with van der Waals surface area (Å²) >= 11 is 0. The average Bonchev–Trinajstić information content (AvgIpc) is 2.57. The number of nitrogens with zero attached hydrogens (tertiary/aromatic N) is 2. The summed E-state index contributed by atoms with van der Waals surface area (Å²) in [5, 5.41) is 12.5. The Bertz CT molecular complexity index is 726. The number of carbonyl (C=O) groups is 1. The predicted molar refractivity (Wildman–Crippen MR) is 84.9 cm³/mol. The molecule has 1 unspecified atom stereocenters. The van der Waals surface area contributed by atoms with Gasteiger partial charge in [-0.3, -0.25) is 9.78 Å². The van der Waals surface area contributed by atoms with E-state index in [9.17, 15) is 18.7 Å². The summed E-state index contributed by atoms with van der Waals surface area (Å²) in [7, 11) is 0. The van der Waals surface area contributed by atoms with E-state index in [4.69, 9.17) is 4.74 Å². The molecule has 0 bridgehead atoms. The molecule has 134 valence electrons. The first-order valence-corrected chi connectivity index (χ1v) is 7.34. The minimum absolute atomic E-state index is 0.0528. The molecule has 0 saturated carbocycles. The molecule has 2 aromatic rings. The number of amides is 1. The molecule has 0 aliphatic rings. The Morgan fingerprint density at radius 1 is 1.32 bits per heavy atom. The van der Waals surface area contributed by atoms with Gasteiger partial charge in [0.05, 0.1) is 24.7 Å². The number of aryl methyl sites for hydroxylation is 1. The third-order valence-electron chi connectivity index (χ3n) is 3.03. The van der Waals surface area contributed by atoms with Gasteiger partial charge >= 0.3 is 6.61 Å². The van der Waals surface area contributed by atoms with E-state index < -0.39 is 18.6 Å². The maximum Gasteiger partial charge on any atom is 0.345 e. The first kappa shape index (κ1) is 18.5. The molecule has 2 N–H and O–H groups in total. The zero-order valence-corrected chi connectivity index (χ0v) is 13.6. The molecule has 1 atom stereocenters. The van der Waals surface area contributed by atoms with E-state index in [1.54, 1.807) is 6.92 Å². The molecule has 9 heteroatoms. The van der Waals surface area contributed by atoms with Gasteiger partial charge in [-0.05, 0) is 32.0 Å². The molecule has 1 heterocycles. The highest BCUT2D eigenvalue weighted by molar-refractivity contribution is 6.04. The molecular formula is C16H17F2N3O4. The van der Waals surface area contributed by atoms with Gasteiger partial charge in [0.2, 0.25) is 0 Å². The monoisotopic (exact) mass is 353 g/mol. The second-order valence-electron chi connectivity index (χ2n) is 5.20. The molecule has 2 rings (SSSR count). The van der Waals surface area contributed by atoms with E-state index in [-0.39, 0.29) is 29.5 Å². The van der Waals surface area contributed by atoms with Crippen LogP contribution in [0, 0.1) is 6.92 Å². The van der Waals surface area contributed by atoms with Crippen molar-refractivity contribution in [2.45, 2.75) is 26.6 Å². The van der Waals surface area contributed by atoms with Crippen molar-refractivity contribution in [2.75, 3.05) is 11.9 Å². The second kappa shape index (κ2) is 8.34. The summed E-state index contributed by atoms with van der Waals surface area (Å²) in [6, 6.07) is 3.99. The minimum atomic E-state index is -2.89. The lowest BCUT2D eigenvalue weighted by atomic mass is 10.2. The van der Waals surface area contributed by atoms with Crippen molar-refractivity contribution in [3.05, 3.63) is 41.9 Å². The fraction of sp³-hybridized carbons (Fsp3) is 0.312. The molecule has 0 fully saturated rings. The Kier molecular flexibility index (Phi) is 6.18. The maximum atomic E-state index is 12.1. The molecule has 0 saturated heterocycles. The average molecular weight is 353 g/mol. The number of phenols is 1. The second-order valence-corrected chi connectivity index (χ2v) is 5.20. The number of hydrogen-bond donors (Lipinski definition) is 2. The van der Waals surface area contributed by atoms with Crippen molar-refractivity contribution < 1.29 is 28.2 Å². The van der Waals surface area contributed by atoms with E-state index >= 15 is 0 Å². The van der Waals surface area contributed by atoms with Crippen molar-refractivity contribution in [3.8, 4) is 11.5 Å². The smallest absolute Gasteiger partial charge is 0.345 e. The number of ether oxygens (including phenoxy) is 2. The van der Waals surface area contributed by atoms with Crippen LogP contribution >= 0.6 is 0 Å². The summed E-state index contributed by atoms with van der Waals surface area (Å²) < 4.78 is 33.4. The van der Waals surface area contributed by atoms with Gasteiger partial charge in [0, 0.05) is 5.56 Å². The van der Waals surface area contributed by atoms with Crippen LogP contribution in [0.3, 0.4) is 0 Å². The van der Waals surface area contributed by atoms with E-state index in [1.165, 1.54) is 37.5 Å². The van der Waals surface area contributed by atoms with Crippen LogP contribution in [-0.2, 0) is 4.74 Å². The molecule has 0 radical (unpaired) electrons. The summed E-state index contributed by atoms with van der Waals surface area (Å²) in [5.74, 6) is -0.467. The van der Waals surface area contributed by atoms with Gasteiger partial charge in [-0.1, -0.05) is 0 Å². The van der Waals surface area contributed by atoms with Crippen molar-refractivity contribution in [1.82, 2.24) is 9.97 Å². The normalized spacial score (nSPS) is 12.0. The SMILES string of the molecule is Cc1cnc(NC(=O)c2ccc(OC(C)COC(F)F)c(O)c2)cn1. The number of phenolic OH excluding ortho intramolecular Hbond substituents is 1. The Morgan fingerprint density at radius 2 is 2.08 bits per heavy atom. The van der Waals surface area contributed by atoms with Crippen LogP contribution in [0.2, 0.25) is 0 Å². The minimum Gasteiger partial charge on any atom is -0.504 e. The maximum absolute atomic E-state index is 12.1. The van der Waals surface area contributed by atoms with E-state index in [0.29, 0.717) is 5.69 Å². The molecular weight excluding hydrogens is 336 g/mol. The Labute approximate surface area is 142 Å². The fourth-order valence-corrected chi connectivity index (χ4v) is 1.86. The Morgan fingerprint density at radius 3 is 2.68 bits per heavy atom. The molecule has 25 heavy (non-hydrogen) atoms. The van der Waals surface area contributed by atoms with Crippen LogP contribution in [0.25, 0.3) is 0 Å². The topological polar surface area (TPSA) is 93.6 Å². The molecule has 7 nitrogen and oxygen atoms in total. The lowest BCUT2D eigenvalue weighted by Crippen LogP contribution is -2.21. The standard InChI is InChI=1S/C16H17F2N3O4/c1-9-6-20-14(7-19-9)21-15(23)11-3-4-13(12(22)5-11)25-10(2)8-24-16(17)18/h3-7,10,16,22H,8H2,1-2H3,(H,20,21,23). The number of benzene rings is 1. The van der Waals surface area contributed by atoms with Gasteiger partial charge in [-0.2, -0.15) is 8.78 Å². The lowest BCUT2D eigenvalue weighted by Gasteiger charge is -2.16. The predicted octanol–water partition coefficient (Wildman–Crippen LogP) is 2.75. The zero-order valence-electron chi connectivity index (χ0n) is 13.6. The van der Waals surface area contributed by atoms with E-state index in [1.807, 2.05) is 0 Å². The van der Waals surface area contributed by atoms with Crippen molar-refractivity contribution >= 4 is 11.7 Å². The van der Waals surface area contributed by atoms with Gasteiger partial charge in [-0.15, -0.1) is 0 Å². The van der Waals surface area contributed by atoms with E-state index in [2.05, 4.69) is 20.0 Å². The molecule has 0 aliphatic carbocycles. The molecule has 0 aliphatic heterocycles. The summed E-state index contributed by atoms with van der Waals surface area (Å²) in [6.45, 7) is 0.0442.